The van der Waals surface area contributed by atoms with Gasteiger partial charge in [0.1, 0.15) is 5.60 Å². The number of carbonyl (C=O) groups excluding carboxylic acids is 1. The number of guanidine groups is 1. The van der Waals surface area contributed by atoms with Gasteiger partial charge in [-0.1, -0.05) is 11.5 Å². The van der Waals surface area contributed by atoms with Crippen LogP contribution in [0.5, 0.6) is 0 Å². The van der Waals surface area contributed by atoms with Crippen molar-refractivity contribution < 1.29 is 14.6 Å². The molecular formula is C18H31N7O4. The second kappa shape index (κ2) is 11.9. The first kappa shape index (κ1) is 24.2. The van der Waals surface area contributed by atoms with E-state index in [-0.39, 0.29) is 12.5 Å². The lowest BCUT2D eigenvalue weighted by Crippen LogP contribution is -2.40. The molecule has 0 radical (unpaired) electrons. The summed E-state index contributed by atoms with van der Waals surface area (Å²) >= 11 is 0. The highest BCUT2D eigenvalue weighted by atomic mass is 16.7. The SMILES string of the molecule is CC(C)(C)OC(=O)C(CC[C@H](N)CNCCc1cccnc1)N=C(N)N[N+](=O)[O-]. The van der Waals surface area contributed by atoms with Gasteiger partial charge in [-0.05, 0) is 58.2 Å². The number of nitrogens with two attached hydrogens (primary N) is 2. The zero-order valence-electron chi connectivity index (χ0n) is 17.1. The minimum atomic E-state index is -0.983. The molecule has 1 aromatic heterocycles. The lowest BCUT2D eigenvalue weighted by atomic mass is 10.1. The molecule has 1 heterocycles. The van der Waals surface area contributed by atoms with Gasteiger partial charge in [0, 0.05) is 25.0 Å². The predicted molar refractivity (Wildman–Crippen MR) is 109 cm³/mol. The minimum absolute atomic E-state index is 0.228. The maximum Gasteiger partial charge on any atom is 0.331 e. The molecule has 1 unspecified atom stereocenters. The third kappa shape index (κ3) is 11.6. The van der Waals surface area contributed by atoms with Crippen molar-refractivity contribution in [3.63, 3.8) is 0 Å². The van der Waals surface area contributed by atoms with Crippen LogP contribution >= 0.6 is 0 Å². The van der Waals surface area contributed by atoms with E-state index in [9.17, 15) is 14.9 Å². The molecule has 0 aliphatic heterocycles. The molecule has 0 aromatic carbocycles. The molecule has 29 heavy (non-hydrogen) atoms. The van der Waals surface area contributed by atoms with E-state index < -0.39 is 28.6 Å². The Hall–Kier alpha value is -2.79. The third-order valence-corrected chi connectivity index (χ3v) is 3.71. The number of hydrazine groups is 1. The summed E-state index contributed by atoms with van der Waals surface area (Å²) in [5.74, 6) is -1.07. The number of hydrogen-bond acceptors (Lipinski definition) is 8. The fourth-order valence-corrected chi connectivity index (χ4v) is 2.44. The van der Waals surface area contributed by atoms with Gasteiger partial charge in [0.15, 0.2) is 11.1 Å². The fourth-order valence-electron chi connectivity index (χ4n) is 2.44. The van der Waals surface area contributed by atoms with E-state index in [1.807, 2.05) is 18.3 Å². The number of carbonyl (C=O) groups is 1. The molecule has 0 amide bonds. The van der Waals surface area contributed by atoms with Crippen LogP contribution in [0.3, 0.4) is 0 Å². The van der Waals surface area contributed by atoms with Crippen LogP contribution in [0, 0.1) is 10.1 Å². The van der Waals surface area contributed by atoms with E-state index >= 15 is 0 Å². The molecule has 6 N–H and O–H groups in total. The largest absolute Gasteiger partial charge is 0.458 e. The van der Waals surface area contributed by atoms with E-state index in [4.69, 9.17) is 16.2 Å². The van der Waals surface area contributed by atoms with Crippen molar-refractivity contribution in [3.8, 4) is 0 Å². The molecule has 1 aromatic rings. The van der Waals surface area contributed by atoms with Gasteiger partial charge in [-0.2, -0.15) is 0 Å². The molecule has 2 atom stereocenters. The first-order chi connectivity index (χ1) is 13.6. The number of nitrogens with one attached hydrogen (secondary N) is 2. The summed E-state index contributed by atoms with van der Waals surface area (Å²) in [6.45, 7) is 6.47. The Morgan fingerprint density at radius 1 is 1.41 bits per heavy atom. The van der Waals surface area contributed by atoms with E-state index in [2.05, 4.69) is 15.3 Å². The van der Waals surface area contributed by atoms with Gasteiger partial charge in [-0.3, -0.25) is 4.98 Å². The highest BCUT2D eigenvalue weighted by molar-refractivity contribution is 5.83. The quantitative estimate of drug-likeness (QED) is 0.0989. The zero-order chi connectivity index (χ0) is 21.9. The summed E-state index contributed by atoms with van der Waals surface area (Å²) in [6, 6.07) is 2.68. The second-order valence-corrected chi connectivity index (χ2v) is 7.59. The number of pyridine rings is 1. The Labute approximate surface area is 170 Å². The van der Waals surface area contributed by atoms with Gasteiger partial charge >= 0.3 is 5.97 Å². The third-order valence-electron chi connectivity index (χ3n) is 3.71. The van der Waals surface area contributed by atoms with Crippen molar-refractivity contribution in [1.82, 2.24) is 15.7 Å². The van der Waals surface area contributed by atoms with Crippen LogP contribution in [-0.4, -0.2) is 52.7 Å². The molecular weight excluding hydrogens is 378 g/mol. The Balaban J connectivity index is 2.52. The molecule has 0 aliphatic carbocycles. The van der Waals surface area contributed by atoms with Crippen molar-refractivity contribution >= 4 is 11.9 Å². The monoisotopic (exact) mass is 409 g/mol. The Kier molecular flexibility index (Phi) is 9.97. The van der Waals surface area contributed by atoms with Crippen LogP contribution in [0.25, 0.3) is 0 Å². The first-order valence-electron chi connectivity index (χ1n) is 9.39. The average molecular weight is 409 g/mol. The van der Waals surface area contributed by atoms with Crippen molar-refractivity contribution in [2.24, 2.45) is 16.5 Å². The molecule has 11 heteroatoms. The van der Waals surface area contributed by atoms with Gasteiger partial charge < -0.3 is 21.5 Å². The summed E-state index contributed by atoms with van der Waals surface area (Å²) in [6.07, 6.45) is 5.08. The van der Waals surface area contributed by atoms with Gasteiger partial charge in [0.05, 0.1) is 0 Å². The fraction of sp³-hybridized carbons (Fsp3) is 0.611. The van der Waals surface area contributed by atoms with Crippen molar-refractivity contribution in [1.29, 1.82) is 0 Å². The highest BCUT2D eigenvalue weighted by Crippen LogP contribution is 2.13. The summed E-state index contributed by atoms with van der Waals surface area (Å²) in [7, 11) is 0. The maximum atomic E-state index is 12.4. The minimum Gasteiger partial charge on any atom is -0.458 e. The maximum absolute atomic E-state index is 12.4. The summed E-state index contributed by atoms with van der Waals surface area (Å²) < 4.78 is 5.32. The molecule has 0 spiro atoms. The molecule has 162 valence electrons. The Bertz CT molecular complexity index is 677. The molecule has 0 saturated carbocycles. The zero-order valence-corrected chi connectivity index (χ0v) is 17.1. The average Bonchev–Trinajstić information content (AvgIpc) is 2.61. The number of aromatic nitrogens is 1. The second-order valence-electron chi connectivity index (χ2n) is 7.59. The van der Waals surface area contributed by atoms with Crippen molar-refractivity contribution in [2.45, 2.75) is 57.7 Å². The predicted octanol–water partition coefficient (Wildman–Crippen LogP) is 0.128. The van der Waals surface area contributed by atoms with Crippen LogP contribution in [0.1, 0.15) is 39.2 Å². The summed E-state index contributed by atoms with van der Waals surface area (Å²) in [5, 5.41) is 12.9. The highest BCUT2D eigenvalue weighted by Gasteiger charge is 2.26. The summed E-state index contributed by atoms with van der Waals surface area (Å²) in [5.41, 5.74) is 13.7. The number of aliphatic imine (C=N–C) groups is 1. The molecule has 0 aliphatic rings. The number of rotatable bonds is 11. The van der Waals surface area contributed by atoms with Crippen molar-refractivity contribution in [2.75, 3.05) is 13.1 Å². The van der Waals surface area contributed by atoms with Gasteiger partial charge in [0.25, 0.3) is 5.96 Å². The topological polar surface area (TPSA) is 171 Å². The van der Waals surface area contributed by atoms with E-state index in [1.54, 1.807) is 32.4 Å². The normalized spacial score (nSPS) is 14.1. The van der Waals surface area contributed by atoms with Crippen LogP contribution in [0.4, 0.5) is 0 Å². The number of hydrogen-bond donors (Lipinski definition) is 4. The summed E-state index contributed by atoms with van der Waals surface area (Å²) in [4.78, 5) is 30.8. The number of nitrogens with zero attached hydrogens (tertiary/aromatic N) is 3. The van der Waals surface area contributed by atoms with Crippen LogP contribution < -0.4 is 22.2 Å². The molecule has 1 rings (SSSR count). The number of ether oxygens (including phenoxy) is 1. The lowest BCUT2D eigenvalue weighted by molar-refractivity contribution is -0.525. The molecule has 11 nitrogen and oxygen atoms in total. The Morgan fingerprint density at radius 3 is 2.72 bits per heavy atom. The van der Waals surface area contributed by atoms with E-state index in [0.29, 0.717) is 13.0 Å². The van der Waals surface area contributed by atoms with Gasteiger partial charge in [-0.15, -0.1) is 0 Å². The first-order valence-corrected chi connectivity index (χ1v) is 9.39. The number of esters is 1. The standard InChI is InChI=1S/C18H31N7O4/c1-18(2,3)29-16(26)15(23-17(20)24-25(27)28)7-6-14(19)12-22-10-8-13-5-4-9-21-11-13/h4-5,9,11,14-15,22H,6-8,10,12,19H2,1-3H3,(H3,20,23,24)/t14-,15?/m0/s1. The van der Waals surface area contributed by atoms with Crippen LogP contribution in [0.2, 0.25) is 0 Å². The van der Waals surface area contributed by atoms with Crippen molar-refractivity contribution in [3.05, 3.63) is 40.2 Å². The smallest absolute Gasteiger partial charge is 0.331 e. The number of nitro groups is 1. The molecule has 0 bridgehead atoms. The van der Waals surface area contributed by atoms with E-state index in [0.717, 1.165) is 18.5 Å². The van der Waals surface area contributed by atoms with E-state index in [1.165, 1.54) is 0 Å². The van der Waals surface area contributed by atoms with Gasteiger partial charge in [-0.25, -0.2) is 19.9 Å². The van der Waals surface area contributed by atoms with Crippen LogP contribution in [0.15, 0.2) is 29.5 Å². The molecule has 0 saturated heterocycles. The van der Waals surface area contributed by atoms with Gasteiger partial charge in [0.2, 0.25) is 0 Å². The Morgan fingerprint density at radius 2 is 2.14 bits per heavy atom. The molecule has 0 fully saturated rings. The van der Waals surface area contributed by atoms with Crippen LogP contribution in [-0.2, 0) is 16.0 Å². The lowest BCUT2D eigenvalue weighted by Gasteiger charge is -2.23.